The minimum absolute atomic E-state index is 0.0485. The molecule has 0 aliphatic rings. The SMILES string of the molecule is C=CCN(CC(C)(C)C(=O)c1c[nH]c2ncc(-c3cc(OC)c(OC)c(OC)c3)nc12)S(=O)(=O)c1ccccc1. The van der Waals surface area contributed by atoms with E-state index in [0.717, 1.165) is 0 Å². The third-order valence-corrected chi connectivity index (χ3v) is 8.31. The molecule has 40 heavy (non-hydrogen) atoms. The number of rotatable bonds is 12. The molecule has 11 heteroatoms. The average Bonchev–Trinajstić information content (AvgIpc) is 3.39. The van der Waals surface area contributed by atoms with Crippen molar-refractivity contribution in [3.8, 4) is 28.5 Å². The number of H-pyrrole nitrogens is 1. The molecule has 0 amide bonds. The number of nitrogens with one attached hydrogen (secondary N) is 1. The van der Waals surface area contributed by atoms with Gasteiger partial charge in [0.25, 0.3) is 0 Å². The van der Waals surface area contributed by atoms with Crippen LogP contribution in [0.3, 0.4) is 0 Å². The first-order chi connectivity index (χ1) is 19.1. The summed E-state index contributed by atoms with van der Waals surface area (Å²) in [6.45, 7) is 7.11. The number of fused-ring (bicyclic) bond motifs is 1. The molecule has 4 rings (SSSR count). The van der Waals surface area contributed by atoms with Gasteiger partial charge in [-0.15, -0.1) is 6.58 Å². The summed E-state index contributed by atoms with van der Waals surface area (Å²) in [7, 11) is 0.702. The van der Waals surface area contributed by atoms with Gasteiger partial charge in [0.2, 0.25) is 15.8 Å². The highest BCUT2D eigenvalue weighted by atomic mass is 32.2. The summed E-state index contributed by atoms with van der Waals surface area (Å²) in [4.78, 5) is 26.2. The van der Waals surface area contributed by atoms with Gasteiger partial charge in [-0.1, -0.05) is 38.1 Å². The van der Waals surface area contributed by atoms with Gasteiger partial charge >= 0.3 is 0 Å². The Labute approximate surface area is 233 Å². The molecule has 0 radical (unpaired) electrons. The van der Waals surface area contributed by atoms with Gasteiger partial charge in [-0.05, 0) is 24.3 Å². The van der Waals surface area contributed by atoms with E-state index in [1.165, 1.54) is 43.8 Å². The number of Topliss-reactive ketones (excluding diaryl/α,β-unsaturated/α-hetero) is 1. The van der Waals surface area contributed by atoms with Crippen LogP contribution < -0.4 is 14.2 Å². The Hall–Kier alpha value is -4.22. The minimum Gasteiger partial charge on any atom is -0.493 e. The van der Waals surface area contributed by atoms with Crippen molar-refractivity contribution in [1.82, 2.24) is 19.3 Å². The third-order valence-electron chi connectivity index (χ3n) is 6.49. The zero-order valence-corrected chi connectivity index (χ0v) is 23.9. The van der Waals surface area contributed by atoms with Crippen LogP contribution in [0.5, 0.6) is 17.2 Å². The van der Waals surface area contributed by atoms with Crippen LogP contribution in [-0.4, -0.2) is 67.9 Å². The predicted molar refractivity (Wildman–Crippen MR) is 152 cm³/mol. The highest BCUT2D eigenvalue weighted by Crippen LogP contribution is 2.41. The number of sulfonamides is 1. The molecule has 0 aliphatic heterocycles. The van der Waals surface area contributed by atoms with Crippen molar-refractivity contribution in [3.63, 3.8) is 0 Å². The molecule has 4 aromatic rings. The lowest BCUT2D eigenvalue weighted by Gasteiger charge is -2.30. The molecule has 0 saturated carbocycles. The second-order valence-electron chi connectivity index (χ2n) is 9.68. The smallest absolute Gasteiger partial charge is 0.243 e. The molecule has 0 spiro atoms. The van der Waals surface area contributed by atoms with Gasteiger partial charge in [-0.2, -0.15) is 4.31 Å². The van der Waals surface area contributed by atoms with Crippen LogP contribution in [-0.2, 0) is 10.0 Å². The first-order valence-corrected chi connectivity index (χ1v) is 13.9. The van der Waals surface area contributed by atoms with E-state index < -0.39 is 15.4 Å². The Morgan fingerprint density at radius 2 is 1.73 bits per heavy atom. The van der Waals surface area contributed by atoms with Gasteiger partial charge in [0.05, 0.1) is 43.7 Å². The zero-order valence-electron chi connectivity index (χ0n) is 23.1. The topological polar surface area (TPSA) is 124 Å². The number of carbonyl (C=O) groups is 1. The molecule has 0 saturated heterocycles. The van der Waals surface area contributed by atoms with E-state index in [0.29, 0.717) is 45.2 Å². The van der Waals surface area contributed by atoms with Crippen molar-refractivity contribution in [2.45, 2.75) is 18.7 Å². The average molecular weight is 565 g/mol. The Kier molecular flexibility index (Phi) is 8.26. The Morgan fingerprint density at radius 3 is 2.30 bits per heavy atom. The second-order valence-corrected chi connectivity index (χ2v) is 11.6. The number of aromatic nitrogens is 3. The maximum atomic E-state index is 13.9. The Balaban J connectivity index is 1.72. The van der Waals surface area contributed by atoms with E-state index in [2.05, 4.69) is 16.5 Å². The molecule has 210 valence electrons. The number of ketones is 1. The fraction of sp³-hybridized carbons (Fsp3) is 0.276. The third kappa shape index (κ3) is 5.43. The van der Waals surface area contributed by atoms with Gasteiger partial charge in [-0.25, -0.2) is 18.4 Å². The van der Waals surface area contributed by atoms with Gasteiger partial charge in [0.15, 0.2) is 22.9 Å². The molecule has 2 aromatic heterocycles. The highest BCUT2D eigenvalue weighted by Gasteiger charge is 2.37. The highest BCUT2D eigenvalue weighted by molar-refractivity contribution is 7.89. The van der Waals surface area contributed by atoms with Gasteiger partial charge < -0.3 is 19.2 Å². The molecule has 2 heterocycles. The van der Waals surface area contributed by atoms with Crippen LogP contribution >= 0.6 is 0 Å². The molecule has 0 bridgehead atoms. The predicted octanol–water partition coefficient (Wildman–Crippen LogP) is 4.74. The first-order valence-electron chi connectivity index (χ1n) is 12.4. The summed E-state index contributed by atoms with van der Waals surface area (Å²) in [5.41, 5.74) is 1.12. The van der Waals surface area contributed by atoms with Gasteiger partial charge in [-0.3, -0.25) is 4.79 Å². The van der Waals surface area contributed by atoms with Crippen LogP contribution in [0.25, 0.3) is 22.4 Å². The number of ether oxygens (including phenoxy) is 3. The fourth-order valence-electron chi connectivity index (χ4n) is 4.44. The van der Waals surface area contributed by atoms with Crippen LogP contribution in [0.4, 0.5) is 0 Å². The summed E-state index contributed by atoms with van der Waals surface area (Å²) in [5, 5.41) is 0. The van der Waals surface area contributed by atoms with Gasteiger partial charge in [0.1, 0.15) is 5.52 Å². The standard InChI is InChI=1S/C29H32N4O6S/c1-7-13-33(40(35,36)20-11-9-8-10-12-20)18-29(2,3)27(34)21-16-30-28-25(21)32-22(17-31-28)19-14-23(37-4)26(39-6)24(15-19)38-5/h7-12,14-17H,1,13,18H2,2-6H3,(H,30,31). The maximum Gasteiger partial charge on any atom is 0.243 e. The number of benzene rings is 2. The summed E-state index contributed by atoms with van der Waals surface area (Å²) in [6.07, 6.45) is 4.64. The molecule has 0 atom stereocenters. The summed E-state index contributed by atoms with van der Waals surface area (Å²) < 4.78 is 44.4. The lowest BCUT2D eigenvalue weighted by molar-refractivity contribution is 0.0815. The lowest BCUT2D eigenvalue weighted by Crippen LogP contribution is -2.42. The molecule has 0 unspecified atom stereocenters. The molecule has 0 fully saturated rings. The van der Waals surface area contributed by atoms with Crippen molar-refractivity contribution in [1.29, 1.82) is 0 Å². The van der Waals surface area contributed by atoms with Crippen LogP contribution in [0, 0.1) is 5.41 Å². The van der Waals surface area contributed by atoms with Crippen molar-refractivity contribution in [3.05, 3.63) is 73.1 Å². The van der Waals surface area contributed by atoms with Crippen molar-refractivity contribution >= 4 is 27.0 Å². The van der Waals surface area contributed by atoms with E-state index in [9.17, 15) is 13.2 Å². The Bertz CT molecular complexity index is 1620. The monoisotopic (exact) mass is 564 g/mol. The van der Waals surface area contributed by atoms with Crippen molar-refractivity contribution in [2.75, 3.05) is 34.4 Å². The lowest BCUT2D eigenvalue weighted by atomic mass is 9.84. The van der Waals surface area contributed by atoms with E-state index in [4.69, 9.17) is 19.2 Å². The van der Waals surface area contributed by atoms with Crippen LogP contribution in [0.15, 0.2) is 72.4 Å². The molecule has 1 N–H and O–H groups in total. The van der Waals surface area contributed by atoms with E-state index in [1.807, 2.05) is 0 Å². The number of nitrogens with zero attached hydrogens (tertiary/aromatic N) is 3. The quantitative estimate of drug-likeness (QED) is 0.193. The van der Waals surface area contributed by atoms with Crippen LogP contribution in [0.2, 0.25) is 0 Å². The summed E-state index contributed by atoms with van der Waals surface area (Å²) in [5.74, 6) is 1.06. The minimum atomic E-state index is -3.86. The largest absolute Gasteiger partial charge is 0.493 e. The number of carbonyl (C=O) groups excluding carboxylic acids is 1. The molecular formula is C29H32N4O6S. The molecule has 10 nitrogen and oxygen atoms in total. The number of hydrogen-bond acceptors (Lipinski definition) is 8. The fourth-order valence-corrected chi connectivity index (χ4v) is 6.04. The number of aromatic amines is 1. The summed E-state index contributed by atoms with van der Waals surface area (Å²) in [6, 6.07) is 11.6. The molecule has 0 aliphatic carbocycles. The van der Waals surface area contributed by atoms with Crippen molar-refractivity contribution in [2.24, 2.45) is 5.41 Å². The first kappa shape index (κ1) is 28.8. The maximum absolute atomic E-state index is 13.9. The van der Waals surface area contributed by atoms with E-state index >= 15 is 0 Å². The molecular weight excluding hydrogens is 532 g/mol. The number of hydrogen-bond donors (Lipinski definition) is 1. The summed E-state index contributed by atoms with van der Waals surface area (Å²) >= 11 is 0. The number of methoxy groups -OCH3 is 3. The zero-order chi connectivity index (χ0) is 29.1. The van der Waals surface area contributed by atoms with Gasteiger partial charge in [0, 0.05) is 30.3 Å². The van der Waals surface area contributed by atoms with E-state index in [-0.39, 0.29) is 23.8 Å². The normalized spacial score (nSPS) is 11.9. The second kappa shape index (κ2) is 11.5. The van der Waals surface area contributed by atoms with E-state index in [1.54, 1.807) is 56.6 Å². The Morgan fingerprint density at radius 1 is 1.07 bits per heavy atom. The molecule has 2 aromatic carbocycles. The van der Waals surface area contributed by atoms with Crippen molar-refractivity contribution < 1.29 is 27.4 Å². The van der Waals surface area contributed by atoms with Crippen LogP contribution in [0.1, 0.15) is 24.2 Å².